The molecule has 4 aliphatic rings. The van der Waals surface area contributed by atoms with E-state index in [1.807, 2.05) is 0 Å². The van der Waals surface area contributed by atoms with Crippen LogP contribution in [0.1, 0.15) is 55.3 Å². The van der Waals surface area contributed by atoms with Crippen LogP contribution in [-0.4, -0.2) is 18.9 Å². The van der Waals surface area contributed by atoms with Crippen LogP contribution in [0, 0.1) is 29.0 Å². The Kier molecular flexibility index (Phi) is 5.31. The van der Waals surface area contributed by atoms with Gasteiger partial charge >= 0.3 is 0 Å². The maximum atomic E-state index is 12.9. The molecule has 4 saturated carbocycles. The van der Waals surface area contributed by atoms with Gasteiger partial charge in [0, 0.05) is 25.1 Å². The fraction of sp³-hybridized carbons (Fsp3) is 0.650. The molecule has 4 aliphatic carbocycles. The largest absolute Gasteiger partial charge is 0.316 e. The molecule has 4 bridgehead atoms. The first-order valence-electron chi connectivity index (χ1n) is 9.11. The summed E-state index contributed by atoms with van der Waals surface area (Å²) in [6, 6.07) is 5.87. The lowest BCUT2D eigenvalue weighted by Gasteiger charge is -2.57. The summed E-state index contributed by atoms with van der Waals surface area (Å²) in [6.07, 6.45) is 9.12. The van der Waals surface area contributed by atoms with E-state index in [9.17, 15) is 9.18 Å². The highest BCUT2D eigenvalue weighted by molar-refractivity contribution is 5.96. The lowest BCUT2D eigenvalue weighted by atomic mass is 9.49. The summed E-state index contributed by atoms with van der Waals surface area (Å²) in [5, 5.41) is 3.56. The second-order valence-corrected chi connectivity index (χ2v) is 8.27. The smallest absolute Gasteiger partial charge is 0.164 e. The van der Waals surface area contributed by atoms with Gasteiger partial charge < -0.3 is 5.32 Å². The number of rotatable bonds is 6. The first-order valence-corrected chi connectivity index (χ1v) is 9.11. The minimum Gasteiger partial charge on any atom is -0.316 e. The molecule has 5 rings (SSSR count). The van der Waals surface area contributed by atoms with Gasteiger partial charge in [-0.1, -0.05) is 0 Å². The topological polar surface area (TPSA) is 29.1 Å². The molecule has 0 saturated heterocycles. The summed E-state index contributed by atoms with van der Waals surface area (Å²) >= 11 is 0. The molecule has 4 fully saturated rings. The fourth-order valence-electron chi connectivity index (χ4n) is 5.84. The molecule has 0 atom stereocenters. The molecule has 0 heterocycles. The molecule has 4 heteroatoms. The summed E-state index contributed by atoms with van der Waals surface area (Å²) in [4.78, 5) is 12.1. The molecule has 24 heavy (non-hydrogen) atoms. The number of ketones is 1. The van der Waals surface area contributed by atoms with E-state index in [0.717, 1.165) is 30.8 Å². The third-order valence-corrected chi connectivity index (χ3v) is 6.36. The molecule has 0 aromatic heterocycles. The lowest BCUT2D eigenvalue weighted by Crippen LogP contribution is -2.50. The van der Waals surface area contributed by atoms with Crippen molar-refractivity contribution in [2.24, 2.45) is 23.2 Å². The Hall–Kier alpha value is -0.930. The zero-order valence-electron chi connectivity index (χ0n) is 14.1. The number of benzene rings is 1. The highest BCUT2D eigenvalue weighted by Crippen LogP contribution is 2.59. The fourth-order valence-corrected chi connectivity index (χ4v) is 5.84. The van der Waals surface area contributed by atoms with E-state index in [4.69, 9.17) is 0 Å². The Morgan fingerprint density at radius 2 is 1.58 bits per heavy atom. The SMILES string of the molecule is Cl.O=C(CCNCC12CC3CC(CC(C3)C1)C2)c1ccc(F)cc1. The predicted octanol–water partition coefficient (Wildman–Crippen LogP) is 4.63. The first-order chi connectivity index (χ1) is 11.1. The van der Waals surface area contributed by atoms with Crippen LogP contribution in [0.25, 0.3) is 0 Å². The number of hydrogen-bond acceptors (Lipinski definition) is 2. The van der Waals surface area contributed by atoms with Crippen molar-refractivity contribution in [3.63, 3.8) is 0 Å². The Bertz CT molecular complexity index is 551. The normalized spacial score (nSPS) is 33.3. The van der Waals surface area contributed by atoms with Gasteiger partial charge in [0.2, 0.25) is 0 Å². The Labute approximate surface area is 150 Å². The lowest BCUT2D eigenvalue weighted by molar-refractivity contribution is -0.0511. The summed E-state index contributed by atoms with van der Waals surface area (Å²) in [7, 11) is 0. The van der Waals surface area contributed by atoms with E-state index in [1.54, 1.807) is 12.1 Å². The number of Topliss-reactive ketones (excluding diaryl/α,β-unsaturated/α-hetero) is 1. The van der Waals surface area contributed by atoms with Gasteiger partial charge in [-0.05, 0) is 86.0 Å². The molecule has 1 N–H and O–H groups in total. The average molecular weight is 352 g/mol. The monoisotopic (exact) mass is 351 g/mol. The number of nitrogens with one attached hydrogen (secondary N) is 1. The minimum absolute atomic E-state index is 0. The molecule has 2 nitrogen and oxygen atoms in total. The highest BCUT2D eigenvalue weighted by Gasteiger charge is 2.50. The van der Waals surface area contributed by atoms with Gasteiger partial charge in [-0.15, -0.1) is 12.4 Å². The second-order valence-electron chi connectivity index (χ2n) is 8.27. The van der Waals surface area contributed by atoms with E-state index in [1.165, 1.54) is 50.7 Å². The van der Waals surface area contributed by atoms with Crippen LogP contribution in [-0.2, 0) is 0 Å². The van der Waals surface area contributed by atoms with Gasteiger partial charge in [-0.25, -0.2) is 4.39 Å². The van der Waals surface area contributed by atoms with Gasteiger partial charge in [-0.2, -0.15) is 0 Å². The number of carbonyl (C=O) groups is 1. The molecule has 0 amide bonds. The molecule has 0 aliphatic heterocycles. The Morgan fingerprint density at radius 1 is 1.04 bits per heavy atom. The summed E-state index contributed by atoms with van der Waals surface area (Å²) in [5.41, 5.74) is 1.14. The molecule has 0 radical (unpaired) electrons. The van der Waals surface area contributed by atoms with Gasteiger partial charge in [0.05, 0.1) is 0 Å². The van der Waals surface area contributed by atoms with Crippen molar-refractivity contribution in [3.05, 3.63) is 35.6 Å². The zero-order chi connectivity index (χ0) is 15.9. The molecule has 1 aromatic rings. The van der Waals surface area contributed by atoms with Gasteiger partial charge in [0.1, 0.15) is 5.82 Å². The van der Waals surface area contributed by atoms with Crippen LogP contribution in [0.2, 0.25) is 0 Å². The number of halogens is 2. The van der Waals surface area contributed by atoms with E-state index >= 15 is 0 Å². The van der Waals surface area contributed by atoms with Gasteiger partial charge in [0.15, 0.2) is 5.78 Å². The van der Waals surface area contributed by atoms with E-state index in [0.29, 0.717) is 17.4 Å². The van der Waals surface area contributed by atoms with Crippen molar-refractivity contribution < 1.29 is 9.18 Å². The van der Waals surface area contributed by atoms with Crippen molar-refractivity contribution in [1.29, 1.82) is 0 Å². The van der Waals surface area contributed by atoms with E-state index < -0.39 is 0 Å². The molecule has 0 spiro atoms. The van der Waals surface area contributed by atoms with E-state index in [-0.39, 0.29) is 24.0 Å². The summed E-state index contributed by atoms with van der Waals surface area (Å²) < 4.78 is 12.9. The van der Waals surface area contributed by atoms with Crippen molar-refractivity contribution >= 4 is 18.2 Å². The highest BCUT2D eigenvalue weighted by atomic mass is 35.5. The maximum Gasteiger partial charge on any atom is 0.164 e. The predicted molar refractivity (Wildman–Crippen MR) is 96.1 cm³/mol. The quantitative estimate of drug-likeness (QED) is 0.598. The van der Waals surface area contributed by atoms with Crippen molar-refractivity contribution in [2.45, 2.75) is 44.9 Å². The Morgan fingerprint density at radius 3 is 2.12 bits per heavy atom. The van der Waals surface area contributed by atoms with Gasteiger partial charge in [-0.3, -0.25) is 4.79 Å². The first kappa shape index (κ1) is 17.9. The number of carbonyl (C=O) groups excluding carboxylic acids is 1. The average Bonchev–Trinajstić information content (AvgIpc) is 2.51. The number of hydrogen-bond donors (Lipinski definition) is 1. The van der Waals surface area contributed by atoms with Crippen LogP contribution in [0.3, 0.4) is 0 Å². The van der Waals surface area contributed by atoms with E-state index in [2.05, 4.69) is 5.32 Å². The third-order valence-electron chi connectivity index (χ3n) is 6.36. The van der Waals surface area contributed by atoms with Crippen LogP contribution in [0.5, 0.6) is 0 Å². The van der Waals surface area contributed by atoms with Crippen LogP contribution < -0.4 is 5.32 Å². The molecule has 0 unspecified atom stereocenters. The molecule has 1 aromatic carbocycles. The molecular formula is C20H27ClFNO. The minimum atomic E-state index is -0.290. The standard InChI is InChI=1S/C20H26FNO.ClH/c21-18-3-1-17(2-4-18)19(23)5-6-22-13-20-10-14-7-15(11-20)9-16(8-14)12-20;/h1-4,14-16,22H,5-13H2;1H. The van der Waals surface area contributed by atoms with Crippen LogP contribution >= 0.6 is 12.4 Å². The summed E-state index contributed by atoms with van der Waals surface area (Å²) in [6.45, 7) is 1.81. The molecule has 132 valence electrons. The van der Waals surface area contributed by atoms with Crippen LogP contribution in [0.15, 0.2) is 24.3 Å². The van der Waals surface area contributed by atoms with Crippen molar-refractivity contribution in [3.8, 4) is 0 Å². The third kappa shape index (κ3) is 3.67. The van der Waals surface area contributed by atoms with Gasteiger partial charge in [0.25, 0.3) is 0 Å². The molecular weight excluding hydrogens is 325 g/mol. The maximum absolute atomic E-state index is 12.9. The van der Waals surface area contributed by atoms with Crippen molar-refractivity contribution in [2.75, 3.05) is 13.1 Å². The summed E-state index contributed by atoms with van der Waals surface area (Å²) in [5.74, 6) is 2.74. The zero-order valence-corrected chi connectivity index (χ0v) is 14.9. The van der Waals surface area contributed by atoms with Crippen LogP contribution in [0.4, 0.5) is 4.39 Å². The second kappa shape index (κ2) is 7.13. The Balaban J connectivity index is 0.00000169. The van der Waals surface area contributed by atoms with Crippen molar-refractivity contribution in [1.82, 2.24) is 5.32 Å².